The molecule has 0 N–H and O–H groups in total. The van der Waals surface area contributed by atoms with Crippen molar-refractivity contribution in [3.63, 3.8) is 0 Å². The van der Waals surface area contributed by atoms with Crippen molar-refractivity contribution < 1.29 is 4.39 Å². The second-order valence-electron chi connectivity index (χ2n) is 5.66. The van der Waals surface area contributed by atoms with Gasteiger partial charge in [-0.3, -0.25) is 0 Å². The molecule has 2 aromatic rings. The quantitative estimate of drug-likeness (QED) is 0.707. The Kier molecular flexibility index (Phi) is 2.20. The number of hydrogen-bond acceptors (Lipinski definition) is 0. The largest absolute Gasteiger partial charge is 0.211 e. The first-order valence-corrected chi connectivity index (χ1v) is 6.81. The third-order valence-electron chi connectivity index (χ3n) is 4.59. The van der Waals surface area contributed by atoms with E-state index in [0.29, 0.717) is 5.92 Å². The summed E-state index contributed by atoms with van der Waals surface area (Å²) in [5.74, 6) is 0.522. The van der Waals surface area contributed by atoms with Gasteiger partial charge in [-0.2, -0.15) is 0 Å². The Bertz CT molecular complexity index is 642. The van der Waals surface area contributed by atoms with Crippen molar-refractivity contribution in [2.75, 3.05) is 0 Å². The van der Waals surface area contributed by atoms with E-state index in [4.69, 9.17) is 0 Å². The monoisotopic (exact) mass is 250 g/mol. The maximum atomic E-state index is 14.5. The lowest BCUT2D eigenvalue weighted by Crippen LogP contribution is -2.18. The Hall–Kier alpha value is -1.89. The highest BCUT2D eigenvalue weighted by atomic mass is 19.1. The van der Waals surface area contributed by atoms with E-state index in [1.807, 2.05) is 48.5 Å². The third kappa shape index (κ3) is 1.51. The molecule has 0 aliphatic heterocycles. The molecule has 0 bridgehead atoms. The highest BCUT2D eigenvalue weighted by Crippen LogP contribution is 2.74. The minimum absolute atomic E-state index is 0.132. The van der Waals surface area contributed by atoms with Crippen LogP contribution < -0.4 is 0 Å². The van der Waals surface area contributed by atoms with Gasteiger partial charge in [-0.1, -0.05) is 60.7 Å². The predicted molar refractivity (Wildman–Crippen MR) is 75.3 cm³/mol. The molecule has 1 heteroatoms. The average Bonchev–Trinajstić information content (AvgIpc) is 3.24. The van der Waals surface area contributed by atoms with Gasteiger partial charge in [0.05, 0.1) is 0 Å². The zero-order valence-corrected chi connectivity index (χ0v) is 10.6. The summed E-state index contributed by atoms with van der Waals surface area (Å²) in [5, 5.41) is 0. The Morgan fingerprint density at radius 3 is 2.16 bits per heavy atom. The molecule has 0 aromatic heterocycles. The zero-order chi connectivity index (χ0) is 12.9. The molecular weight excluding hydrogens is 235 g/mol. The lowest BCUT2D eigenvalue weighted by atomic mass is 9.76. The summed E-state index contributed by atoms with van der Waals surface area (Å²) in [5.41, 5.74) is 3.08. The molecule has 0 unspecified atom stereocenters. The fourth-order valence-corrected chi connectivity index (χ4v) is 3.40. The van der Waals surface area contributed by atoms with E-state index in [1.54, 1.807) is 0 Å². The average molecular weight is 250 g/mol. The molecule has 4 rings (SSSR count). The number of allylic oxidation sites excluding steroid dienone is 2. The second kappa shape index (κ2) is 3.80. The SMILES string of the molecule is FC1=C(c2ccccc2)C[C@@]12C[C@H]2c1ccccc1. The summed E-state index contributed by atoms with van der Waals surface area (Å²) >= 11 is 0. The van der Waals surface area contributed by atoms with Crippen LogP contribution in [0, 0.1) is 5.41 Å². The van der Waals surface area contributed by atoms with Crippen LogP contribution in [0.3, 0.4) is 0 Å². The maximum absolute atomic E-state index is 14.5. The van der Waals surface area contributed by atoms with Gasteiger partial charge < -0.3 is 0 Å². The van der Waals surface area contributed by atoms with Crippen molar-refractivity contribution in [2.24, 2.45) is 5.41 Å². The van der Waals surface area contributed by atoms with Crippen LogP contribution in [0.15, 0.2) is 66.5 Å². The molecule has 2 atom stereocenters. The Morgan fingerprint density at radius 2 is 1.53 bits per heavy atom. The highest BCUT2D eigenvalue weighted by Gasteiger charge is 2.64. The van der Waals surface area contributed by atoms with Gasteiger partial charge in [0, 0.05) is 5.41 Å². The van der Waals surface area contributed by atoms with E-state index in [-0.39, 0.29) is 11.2 Å². The summed E-state index contributed by atoms with van der Waals surface area (Å²) in [7, 11) is 0. The molecule has 2 aliphatic carbocycles. The van der Waals surface area contributed by atoms with Crippen molar-refractivity contribution in [3.8, 4) is 0 Å². The van der Waals surface area contributed by atoms with Gasteiger partial charge in [-0.15, -0.1) is 0 Å². The van der Waals surface area contributed by atoms with E-state index >= 15 is 0 Å². The Balaban J connectivity index is 1.64. The van der Waals surface area contributed by atoms with Crippen LogP contribution in [0.25, 0.3) is 5.57 Å². The van der Waals surface area contributed by atoms with Crippen molar-refractivity contribution >= 4 is 5.57 Å². The molecule has 0 radical (unpaired) electrons. The molecule has 1 fully saturated rings. The van der Waals surface area contributed by atoms with Crippen molar-refractivity contribution in [2.45, 2.75) is 18.8 Å². The molecule has 1 saturated carbocycles. The first kappa shape index (κ1) is 11.0. The summed E-state index contributed by atoms with van der Waals surface area (Å²) < 4.78 is 14.5. The van der Waals surface area contributed by atoms with Crippen molar-refractivity contribution in [3.05, 3.63) is 77.6 Å². The first-order valence-electron chi connectivity index (χ1n) is 6.81. The number of hydrogen-bond donors (Lipinski definition) is 0. The molecule has 2 aromatic carbocycles. The predicted octanol–water partition coefficient (Wildman–Crippen LogP) is 4.94. The van der Waals surface area contributed by atoms with Crippen LogP contribution in [0.2, 0.25) is 0 Å². The third-order valence-corrected chi connectivity index (χ3v) is 4.59. The van der Waals surface area contributed by atoms with Gasteiger partial charge in [0.2, 0.25) is 0 Å². The molecule has 2 aliphatic rings. The first-order chi connectivity index (χ1) is 9.31. The summed E-state index contributed by atoms with van der Waals surface area (Å²) in [6.45, 7) is 0. The van der Waals surface area contributed by atoms with Gasteiger partial charge in [-0.25, -0.2) is 4.39 Å². The van der Waals surface area contributed by atoms with E-state index in [2.05, 4.69) is 12.1 Å². The molecule has 0 saturated heterocycles. The van der Waals surface area contributed by atoms with Crippen LogP contribution >= 0.6 is 0 Å². The minimum atomic E-state index is -0.160. The molecule has 0 heterocycles. The normalized spacial score (nSPS) is 28.4. The Labute approximate surface area is 112 Å². The second-order valence-corrected chi connectivity index (χ2v) is 5.66. The van der Waals surface area contributed by atoms with Crippen LogP contribution in [-0.4, -0.2) is 0 Å². The van der Waals surface area contributed by atoms with Crippen molar-refractivity contribution in [1.29, 1.82) is 0 Å². The lowest BCUT2D eigenvalue weighted by molar-refractivity contribution is 0.400. The molecule has 0 nitrogen and oxygen atoms in total. The van der Waals surface area contributed by atoms with Gasteiger partial charge >= 0.3 is 0 Å². The van der Waals surface area contributed by atoms with Crippen LogP contribution in [-0.2, 0) is 0 Å². The smallest absolute Gasteiger partial charge is 0.111 e. The molecule has 94 valence electrons. The van der Waals surface area contributed by atoms with Gasteiger partial charge in [0.1, 0.15) is 5.83 Å². The number of benzene rings is 2. The van der Waals surface area contributed by atoms with Gasteiger partial charge in [0.15, 0.2) is 0 Å². The molecule has 0 amide bonds. The molecule has 1 spiro atoms. The van der Waals surface area contributed by atoms with Crippen molar-refractivity contribution in [1.82, 2.24) is 0 Å². The number of halogens is 1. The summed E-state index contributed by atoms with van der Waals surface area (Å²) in [6.07, 6.45) is 1.86. The zero-order valence-electron chi connectivity index (χ0n) is 10.6. The summed E-state index contributed by atoms with van der Waals surface area (Å²) in [6, 6.07) is 20.3. The van der Waals surface area contributed by atoms with Gasteiger partial charge in [-0.05, 0) is 35.5 Å². The van der Waals surface area contributed by atoms with E-state index < -0.39 is 0 Å². The molecular formula is C18H15F. The lowest BCUT2D eigenvalue weighted by Gasteiger charge is -2.30. The van der Waals surface area contributed by atoms with E-state index in [9.17, 15) is 4.39 Å². The van der Waals surface area contributed by atoms with Crippen LogP contribution in [0.1, 0.15) is 29.9 Å². The molecule has 19 heavy (non-hydrogen) atoms. The number of rotatable bonds is 2. The van der Waals surface area contributed by atoms with Crippen LogP contribution in [0.5, 0.6) is 0 Å². The fraction of sp³-hybridized carbons (Fsp3) is 0.222. The highest BCUT2D eigenvalue weighted by molar-refractivity contribution is 5.77. The fourth-order valence-electron chi connectivity index (χ4n) is 3.40. The summed E-state index contributed by atoms with van der Waals surface area (Å²) in [4.78, 5) is 0. The van der Waals surface area contributed by atoms with Crippen LogP contribution in [0.4, 0.5) is 4.39 Å². The van der Waals surface area contributed by atoms with E-state index in [1.165, 1.54) is 5.56 Å². The Morgan fingerprint density at radius 1 is 0.895 bits per heavy atom. The van der Waals surface area contributed by atoms with Gasteiger partial charge in [0.25, 0.3) is 0 Å². The standard InChI is InChI=1S/C18H15F/c19-17-15(13-7-3-1-4-8-13)11-18(17)12-16(18)14-9-5-2-6-10-14/h1-10,16H,11-12H2/t16-,18-/m0/s1. The minimum Gasteiger partial charge on any atom is -0.211 e. The topological polar surface area (TPSA) is 0 Å². The van der Waals surface area contributed by atoms with E-state index in [0.717, 1.165) is 24.0 Å². The maximum Gasteiger partial charge on any atom is 0.111 e.